The van der Waals surface area contributed by atoms with E-state index in [1.807, 2.05) is 10.7 Å². The third-order valence-electron chi connectivity index (χ3n) is 4.33. The molecule has 1 aliphatic rings. The summed E-state index contributed by atoms with van der Waals surface area (Å²) in [6, 6.07) is 2.32. The molecule has 2 aromatic heterocycles. The van der Waals surface area contributed by atoms with E-state index in [4.69, 9.17) is 4.42 Å². The van der Waals surface area contributed by atoms with Gasteiger partial charge in [0.1, 0.15) is 0 Å². The van der Waals surface area contributed by atoms with Gasteiger partial charge in [0.25, 0.3) is 5.91 Å². The zero-order chi connectivity index (χ0) is 16.9. The van der Waals surface area contributed by atoms with Crippen LogP contribution in [0, 0.1) is 5.92 Å². The standard InChI is InChI=1S/C17H25N5O2/c1-13(2)9-18-17(23)16-11-22(20-19-16)15-3-6-21(7-4-15)10-14-5-8-24-12-14/h5,8,11-13,15H,3-4,6-7,9-10H2,1-2H3,(H,18,23). The zero-order valence-electron chi connectivity index (χ0n) is 14.3. The Kier molecular flexibility index (Phi) is 5.30. The van der Waals surface area contributed by atoms with Crippen LogP contribution in [0.2, 0.25) is 0 Å². The molecule has 0 unspecified atom stereocenters. The van der Waals surface area contributed by atoms with Crippen LogP contribution in [0.5, 0.6) is 0 Å². The monoisotopic (exact) mass is 331 g/mol. The van der Waals surface area contributed by atoms with Gasteiger partial charge >= 0.3 is 0 Å². The zero-order valence-corrected chi connectivity index (χ0v) is 14.3. The van der Waals surface area contributed by atoms with Gasteiger partial charge in [0.15, 0.2) is 5.69 Å². The van der Waals surface area contributed by atoms with Crippen LogP contribution in [-0.2, 0) is 6.54 Å². The van der Waals surface area contributed by atoms with E-state index in [0.29, 0.717) is 24.2 Å². The minimum absolute atomic E-state index is 0.146. The Labute approximate surface area is 142 Å². The van der Waals surface area contributed by atoms with Crippen LogP contribution in [-0.4, -0.2) is 45.4 Å². The summed E-state index contributed by atoms with van der Waals surface area (Å²) < 4.78 is 6.97. The van der Waals surface area contributed by atoms with Crippen LogP contribution in [0.1, 0.15) is 48.8 Å². The van der Waals surface area contributed by atoms with Crippen molar-refractivity contribution < 1.29 is 9.21 Å². The Morgan fingerprint density at radius 2 is 2.21 bits per heavy atom. The molecule has 0 spiro atoms. The molecule has 0 aliphatic carbocycles. The van der Waals surface area contributed by atoms with Crippen LogP contribution < -0.4 is 5.32 Å². The molecule has 1 fully saturated rings. The van der Waals surface area contributed by atoms with Crippen molar-refractivity contribution >= 4 is 5.91 Å². The molecule has 0 atom stereocenters. The number of carbonyl (C=O) groups excluding carboxylic acids is 1. The molecule has 1 amide bonds. The Bertz CT molecular complexity index is 642. The molecule has 3 rings (SSSR count). The number of rotatable bonds is 6. The molecule has 0 bridgehead atoms. The van der Waals surface area contributed by atoms with Crippen LogP contribution in [0.4, 0.5) is 0 Å². The van der Waals surface area contributed by atoms with E-state index in [2.05, 4.69) is 34.4 Å². The molecule has 1 N–H and O–H groups in total. The third kappa shape index (κ3) is 4.23. The summed E-state index contributed by atoms with van der Waals surface area (Å²) in [6.07, 6.45) is 7.30. The Balaban J connectivity index is 1.50. The number of nitrogens with one attached hydrogen (secondary N) is 1. The van der Waals surface area contributed by atoms with Gasteiger partial charge in [-0.25, -0.2) is 4.68 Å². The largest absolute Gasteiger partial charge is 0.472 e. The molecule has 1 saturated heterocycles. The summed E-state index contributed by atoms with van der Waals surface area (Å²) in [5.74, 6) is 0.274. The fraction of sp³-hybridized carbons (Fsp3) is 0.588. The summed E-state index contributed by atoms with van der Waals surface area (Å²) in [4.78, 5) is 14.4. The molecule has 24 heavy (non-hydrogen) atoms. The molecule has 130 valence electrons. The lowest BCUT2D eigenvalue weighted by Gasteiger charge is -2.31. The number of hydrogen-bond acceptors (Lipinski definition) is 5. The summed E-state index contributed by atoms with van der Waals surface area (Å²) in [7, 11) is 0. The fourth-order valence-electron chi connectivity index (χ4n) is 2.93. The number of hydrogen-bond donors (Lipinski definition) is 1. The smallest absolute Gasteiger partial charge is 0.273 e. The highest BCUT2D eigenvalue weighted by molar-refractivity contribution is 5.91. The van der Waals surface area contributed by atoms with Crippen molar-refractivity contribution in [2.45, 2.75) is 39.3 Å². The lowest BCUT2D eigenvalue weighted by atomic mass is 10.0. The first-order valence-electron chi connectivity index (χ1n) is 8.55. The number of amides is 1. The fourth-order valence-corrected chi connectivity index (χ4v) is 2.93. The molecule has 0 radical (unpaired) electrons. The predicted octanol–water partition coefficient (Wildman–Crippen LogP) is 2.09. The Morgan fingerprint density at radius 3 is 2.88 bits per heavy atom. The molecule has 2 aromatic rings. The van der Waals surface area contributed by atoms with Crippen molar-refractivity contribution in [1.82, 2.24) is 25.2 Å². The van der Waals surface area contributed by atoms with E-state index in [1.54, 1.807) is 18.7 Å². The van der Waals surface area contributed by atoms with E-state index < -0.39 is 0 Å². The number of furan rings is 1. The number of piperidine rings is 1. The topological polar surface area (TPSA) is 76.2 Å². The normalized spacial score (nSPS) is 16.6. The minimum atomic E-state index is -0.146. The van der Waals surface area contributed by atoms with E-state index in [9.17, 15) is 4.79 Å². The summed E-state index contributed by atoms with van der Waals surface area (Å²) in [6.45, 7) is 7.71. The maximum absolute atomic E-state index is 12.0. The van der Waals surface area contributed by atoms with Crippen molar-refractivity contribution in [2.24, 2.45) is 5.92 Å². The van der Waals surface area contributed by atoms with Crippen molar-refractivity contribution in [3.63, 3.8) is 0 Å². The quantitative estimate of drug-likeness (QED) is 0.877. The van der Waals surface area contributed by atoms with Crippen LogP contribution in [0.25, 0.3) is 0 Å². The van der Waals surface area contributed by atoms with Crippen molar-refractivity contribution in [3.8, 4) is 0 Å². The molecule has 7 nitrogen and oxygen atoms in total. The Hall–Kier alpha value is -2.15. The second-order valence-electron chi connectivity index (χ2n) is 6.83. The average molecular weight is 331 g/mol. The summed E-state index contributed by atoms with van der Waals surface area (Å²) >= 11 is 0. The number of likely N-dealkylation sites (tertiary alicyclic amines) is 1. The maximum Gasteiger partial charge on any atom is 0.273 e. The van der Waals surface area contributed by atoms with Gasteiger partial charge in [-0.15, -0.1) is 5.10 Å². The first-order valence-corrected chi connectivity index (χ1v) is 8.55. The van der Waals surface area contributed by atoms with Gasteiger partial charge in [-0.2, -0.15) is 0 Å². The van der Waals surface area contributed by atoms with Gasteiger partial charge < -0.3 is 9.73 Å². The van der Waals surface area contributed by atoms with Gasteiger partial charge in [-0.05, 0) is 24.8 Å². The van der Waals surface area contributed by atoms with E-state index in [0.717, 1.165) is 32.5 Å². The van der Waals surface area contributed by atoms with E-state index >= 15 is 0 Å². The molecule has 1 aliphatic heterocycles. The van der Waals surface area contributed by atoms with Crippen molar-refractivity contribution in [2.75, 3.05) is 19.6 Å². The lowest BCUT2D eigenvalue weighted by molar-refractivity contribution is 0.0944. The van der Waals surface area contributed by atoms with Gasteiger partial charge in [0.05, 0.1) is 24.8 Å². The Morgan fingerprint density at radius 1 is 1.42 bits per heavy atom. The number of nitrogens with zero attached hydrogens (tertiary/aromatic N) is 4. The van der Waals surface area contributed by atoms with Crippen molar-refractivity contribution in [1.29, 1.82) is 0 Å². The molecule has 0 aromatic carbocycles. The van der Waals surface area contributed by atoms with Gasteiger partial charge in [0, 0.05) is 31.7 Å². The SMILES string of the molecule is CC(C)CNC(=O)c1cn(C2CCN(Cc3ccoc3)CC2)nn1. The molecular formula is C17H25N5O2. The van der Waals surface area contributed by atoms with Crippen LogP contribution in [0.3, 0.4) is 0 Å². The molecular weight excluding hydrogens is 306 g/mol. The maximum atomic E-state index is 12.0. The van der Waals surface area contributed by atoms with Gasteiger partial charge in [-0.3, -0.25) is 9.69 Å². The number of carbonyl (C=O) groups is 1. The van der Waals surface area contributed by atoms with Gasteiger partial charge in [-0.1, -0.05) is 19.1 Å². The highest BCUT2D eigenvalue weighted by Gasteiger charge is 2.23. The highest BCUT2D eigenvalue weighted by atomic mass is 16.3. The summed E-state index contributed by atoms with van der Waals surface area (Å²) in [5.41, 5.74) is 1.61. The third-order valence-corrected chi connectivity index (χ3v) is 4.33. The first kappa shape index (κ1) is 16.7. The van der Waals surface area contributed by atoms with Gasteiger partial charge in [0.2, 0.25) is 0 Å². The number of aromatic nitrogens is 3. The average Bonchev–Trinajstić information content (AvgIpc) is 3.25. The molecule has 7 heteroatoms. The molecule has 3 heterocycles. The first-order chi connectivity index (χ1) is 11.6. The second kappa shape index (κ2) is 7.61. The summed E-state index contributed by atoms with van der Waals surface area (Å²) in [5, 5.41) is 11.1. The van der Waals surface area contributed by atoms with Crippen LogP contribution in [0.15, 0.2) is 29.2 Å². The highest BCUT2D eigenvalue weighted by Crippen LogP contribution is 2.23. The predicted molar refractivity (Wildman–Crippen MR) is 89.4 cm³/mol. The second-order valence-corrected chi connectivity index (χ2v) is 6.83. The molecule has 0 saturated carbocycles. The van der Waals surface area contributed by atoms with Crippen molar-refractivity contribution in [3.05, 3.63) is 36.0 Å². The van der Waals surface area contributed by atoms with Crippen LogP contribution >= 0.6 is 0 Å². The van der Waals surface area contributed by atoms with E-state index in [1.165, 1.54) is 5.56 Å². The lowest BCUT2D eigenvalue weighted by Crippen LogP contribution is -2.34. The van der Waals surface area contributed by atoms with E-state index in [-0.39, 0.29) is 5.91 Å². The minimum Gasteiger partial charge on any atom is -0.472 e.